The number of nitrogens with zero attached hydrogens (tertiary/aromatic N) is 1. The number of esters is 1. The highest BCUT2D eigenvalue weighted by molar-refractivity contribution is 5.65. The van der Waals surface area contributed by atoms with E-state index in [1.807, 2.05) is 25.2 Å². The molecule has 3 atom stereocenters. The van der Waals surface area contributed by atoms with Gasteiger partial charge in [-0.05, 0) is 25.1 Å². The molecule has 0 radical (unpaired) electrons. The van der Waals surface area contributed by atoms with Crippen LogP contribution in [0.4, 0.5) is 0 Å². The van der Waals surface area contributed by atoms with Crippen molar-refractivity contribution in [2.24, 2.45) is 5.92 Å². The van der Waals surface area contributed by atoms with Gasteiger partial charge in [-0.15, -0.1) is 0 Å². The summed E-state index contributed by atoms with van der Waals surface area (Å²) in [6.45, 7) is 4.40. The van der Waals surface area contributed by atoms with E-state index in [0.29, 0.717) is 13.3 Å². The van der Waals surface area contributed by atoms with E-state index in [1.165, 1.54) is 18.1 Å². The third kappa shape index (κ3) is 4.09. The Bertz CT molecular complexity index is 699. The summed E-state index contributed by atoms with van der Waals surface area (Å²) in [4.78, 5) is 13.6. The standard InChI is InChI=1S/C21H25NO3/c1-15-9-11-17(12-10-15)20-19(13-24-16(2)23)21(25-14-22(20)3)18-7-5-4-6-8-18/h4-12,19-21H,13-14H2,1-3H3. The van der Waals surface area contributed by atoms with Crippen LogP contribution in [-0.2, 0) is 14.3 Å². The van der Waals surface area contributed by atoms with Crippen molar-refractivity contribution >= 4 is 5.97 Å². The van der Waals surface area contributed by atoms with Gasteiger partial charge in [-0.3, -0.25) is 9.69 Å². The summed E-state index contributed by atoms with van der Waals surface area (Å²) in [5.41, 5.74) is 3.56. The van der Waals surface area contributed by atoms with E-state index in [2.05, 4.69) is 48.2 Å². The van der Waals surface area contributed by atoms with Crippen molar-refractivity contribution in [3.05, 3.63) is 71.3 Å². The van der Waals surface area contributed by atoms with Gasteiger partial charge in [0.1, 0.15) is 6.73 Å². The first kappa shape index (κ1) is 17.6. The van der Waals surface area contributed by atoms with E-state index in [1.54, 1.807) is 0 Å². The molecule has 25 heavy (non-hydrogen) atoms. The molecule has 1 fully saturated rings. The number of carbonyl (C=O) groups is 1. The molecular weight excluding hydrogens is 314 g/mol. The molecule has 4 nitrogen and oxygen atoms in total. The Kier molecular flexibility index (Phi) is 5.51. The largest absolute Gasteiger partial charge is 0.465 e. The van der Waals surface area contributed by atoms with Crippen LogP contribution in [0.3, 0.4) is 0 Å². The average Bonchev–Trinajstić information content (AvgIpc) is 2.61. The number of aryl methyl sites for hydroxylation is 1. The molecule has 0 bridgehead atoms. The Hall–Kier alpha value is -2.17. The SMILES string of the molecule is CC(=O)OCC1C(c2ccccc2)OCN(C)C1c1ccc(C)cc1. The van der Waals surface area contributed by atoms with Gasteiger partial charge in [-0.2, -0.15) is 0 Å². The smallest absolute Gasteiger partial charge is 0.302 e. The topological polar surface area (TPSA) is 38.8 Å². The maximum Gasteiger partial charge on any atom is 0.302 e. The third-order valence-corrected chi connectivity index (χ3v) is 4.75. The van der Waals surface area contributed by atoms with Gasteiger partial charge in [0.25, 0.3) is 0 Å². The van der Waals surface area contributed by atoms with Crippen LogP contribution >= 0.6 is 0 Å². The van der Waals surface area contributed by atoms with Crippen LogP contribution in [0.2, 0.25) is 0 Å². The average molecular weight is 339 g/mol. The van der Waals surface area contributed by atoms with E-state index in [-0.39, 0.29) is 24.0 Å². The lowest BCUT2D eigenvalue weighted by Crippen LogP contribution is -2.43. The highest BCUT2D eigenvalue weighted by Crippen LogP contribution is 2.42. The van der Waals surface area contributed by atoms with Gasteiger partial charge in [0.15, 0.2) is 0 Å². The molecule has 0 N–H and O–H groups in total. The van der Waals surface area contributed by atoms with Crippen LogP contribution in [0.1, 0.15) is 35.8 Å². The predicted octanol–water partition coefficient (Wildman–Crippen LogP) is 3.88. The first-order chi connectivity index (χ1) is 12.1. The van der Waals surface area contributed by atoms with Crippen LogP contribution in [0.15, 0.2) is 54.6 Å². The molecule has 2 aromatic rings. The van der Waals surface area contributed by atoms with Crippen LogP contribution in [0.5, 0.6) is 0 Å². The Morgan fingerprint density at radius 2 is 1.80 bits per heavy atom. The predicted molar refractivity (Wildman–Crippen MR) is 96.9 cm³/mol. The summed E-state index contributed by atoms with van der Waals surface area (Å²) in [7, 11) is 2.05. The first-order valence-corrected chi connectivity index (χ1v) is 8.63. The minimum Gasteiger partial charge on any atom is -0.465 e. The fourth-order valence-electron chi connectivity index (χ4n) is 3.54. The van der Waals surface area contributed by atoms with Crippen molar-refractivity contribution in [3.63, 3.8) is 0 Å². The molecule has 1 aliphatic rings. The van der Waals surface area contributed by atoms with Crippen molar-refractivity contribution in [2.45, 2.75) is 26.0 Å². The fourth-order valence-corrected chi connectivity index (χ4v) is 3.54. The van der Waals surface area contributed by atoms with Gasteiger partial charge in [0.05, 0.1) is 12.7 Å². The van der Waals surface area contributed by atoms with Gasteiger partial charge >= 0.3 is 5.97 Å². The highest BCUT2D eigenvalue weighted by atomic mass is 16.5. The van der Waals surface area contributed by atoms with Crippen molar-refractivity contribution in [3.8, 4) is 0 Å². The van der Waals surface area contributed by atoms with E-state index < -0.39 is 0 Å². The minimum absolute atomic E-state index is 0.0211. The van der Waals surface area contributed by atoms with Crippen molar-refractivity contribution < 1.29 is 14.3 Å². The number of hydrogen-bond acceptors (Lipinski definition) is 4. The summed E-state index contributed by atoms with van der Waals surface area (Å²) in [6, 6.07) is 18.9. The number of carbonyl (C=O) groups excluding carboxylic acids is 1. The van der Waals surface area contributed by atoms with Gasteiger partial charge in [0.2, 0.25) is 0 Å². The van der Waals surface area contributed by atoms with E-state index in [0.717, 1.165) is 5.56 Å². The second-order valence-electron chi connectivity index (χ2n) is 6.71. The van der Waals surface area contributed by atoms with Crippen molar-refractivity contribution in [1.82, 2.24) is 4.90 Å². The molecule has 0 aromatic heterocycles. The van der Waals surface area contributed by atoms with Crippen LogP contribution < -0.4 is 0 Å². The Labute approximate surface area is 149 Å². The first-order valence-electron chi connectivity index (χ1n) is 8.63. The molecule has 0 saturated carbocycles. The fraction of sp³-hybridized carbons (Fsp3) is 0.381. The maximum atomic E-state index is 11.4. The highest BCUT2D eigenvalue weighted by Gasteiger charge is 2.39. The van der Waals surface area contributed by atoms with Gasteiger partial charge in [-0.25, -0.2) is 0 Å². The third-order valence-electron chi connectivity index (χ3n) is 4.75. The van der Waals surface area contributed by atoms with Crippen LogP contribution in [-0.4, -0.2) is 31.3 Å². The second-order valence-corrected chi connectivity index (χ2v) is 6.71. The summed E-state index contributed by atoms with van der Waals surface area (Å²) < 4.78 is 11.5. The molecule has 0 amide bonds. The molecule has 4 heteroatoms. The monoisotopic (exact) mass is 339 g/mol. The molecule has 2 aromatic carbocycles. The zero-order chi connectivity index (χ0) is 17.8. The van der Waals surface area contributed by atoms with Crippen LogP contribution in [0, 0.1) is 12.8 Å². The lowest BCUT2D eigenvalue weighted by atomic mass is 9.83. The molecule has 1 heterocycles. The number of ether oxygens (including phenoxy) is 2. The zero-order valence-electron chi connectivity index (χ0n) is 15.0. The molecule has 1 aliphatic heterocycles. The van der Waals surface area contributed by atoms with Crippen LogP contribution in [0.25, 0.3) is 0 Å². The Morgan fingerprint density at radius 3 is 2.44 bits per heavy atom. The van der Waals surface area contributed by atoms with E-state index in [9.17, 15) is 4.79 Å². The molecule has 3 unspecified atom stereocenters. The lowest BCUT2D eigenvalue weighted by Gasteiger charge is -2.44. The number of benzene rings is 2. The molecule has 0 spiro atoms. The zero-order valence-corrected chi connectivity index (χ0v) is 15.0. The lowest BCUT2D eigenvalue weighted by molar-refractivity contribution is -0.161. The van der Waals surface area contributed by atoms with Crippen molar-refractivity contribution in [1.29, 1.82) is 0 Å². The quantitative estimate of drug-likeness (QED) is 0.793. The van der Waals surface area contributed by atoms with Gasteiger partial charge in [0, 0.05) is 18.9 Å². The Balaban J connectivity index is 1.96. The molecular formula is C21H25NO3. The minimum atomic E-state index is -0.261. The van der Waals surface area contributed by atoms with E-state index >= 15 is 0 Å². The van der Waals surface area contributed by atoms with Gasteiger partial charge < -0.3 is 9.47 Å². The van der Waals surface area contributed by atoms with E-state index in [4.69, 9.17) is 9.47 Å². The number of rotatable bonds is 4. The molecule has 3 rings (SSSR count). The number of hydrogen-bond donors (Lipinski definition) is 0. The summed E-state index contributed by atoms with van der Waals surface area (Å²) in [5.74, 6) is -0.240. The maximum absolute atomic E-state index is 11.4. The molecule has 1 saturated heterocycles. The second kappa shape index (κ2) is 7.81. The van der Waals surface area contributed by atoms with Gasteiger partial charge in [-0.1, -0.05) is 60.2 Å². The Morgan fingerprint density at radius 1 is 1.12 bits per heavy atom. The summed E-state index contributed by atoms with van der Waals surface area (Å²) in [6.07, 6.45) is -0.108. The molecule has 0 aliphatic carbocycles. The van der Waals surface area contributed by atoms with Crippen molar-refractivity contribution in [2.75, 3.05) is 20.4 Å². The normalized spacial score (nSPS) is 24.0. The summed E-state index contributed by atoms with van der Waals surface area (Å²) >= 11 is 0. The summed E-state index contributed by atoms with van der Waals surface area (Å²) in [5, 5.41) is 0. The molecule has 132 valence electrons.